The van der Waals surface area contributed by atoms with Crippen LogP contribution < -0.4 is 10.9 Å². The highest BCUT2D eigenvalue weighted by Gasteiger charge is 2.11. The Balaban J connectivity index is 2.25. The topological polar surface area (TPSA) is 64.0 Å². The highest BCUT2D eigenvalue weighted by molar-refractivity contribution is 6.36. The summed E-state index contributed by atoms with van der Waals surface area (Å²) in [5, 5.41) is 7.23. The fourth-order valence-corrected chi connectivity index (χ4v) is 1.86. The SMILES string of the molecule is Cn1nc(C(=O)Nc2ccc(Cl)cc2Cl)ccc1=O. The van der Waals surface area contributed by atoms with Gasteiger partial charge in [-0.1, -0.05) is 23.2 Å². The van der Waals surface area contributed by atoms with Crippen molar-refractivity contribution in [2.45, 2.75) is 0 Å². The molecule has 1 heterocycles. The molecular formula is C12H9Cl2N3O2. The highest BCUT2D eigenvalue weighted by atomic mass is 35.5. The van der Waals surface area contributed by atoms with Gasteiger partial charge < -0.3 is 5.32 Å². The van der Waals surface area contributed by atoms with Crippen LogP contribution in [0.1, 0.15) is 10.5 Å². The molecule has 0 aliphatic carbocycles. The van der Waals surface area contributed by atoms with Gasteiger partial charge in [0.15, 0.2) is 0 Å². The molecule has 19 heavy (non-hydrogen) atoms. The molecule has 0 spiro atoms. The number of carbonyl (C=O) groups is 1. The number of halogens is 2. The number of rotatable bonds is 2. The lowest BCUT2D eigenvalue weighted by molar-refractivity contribution is 0.102. The van der Waals surface area contributed by atoms with Crippen molar-refractivity contribution in [2.75, 3.05) is 5.32 Å². The van der Waals surface area contributed by atoms with Gasteiger partial charge >= 0.3 is 0 Å². The van der Waals surface area contributed by atoms with Gasteiger partial charge in [-0.2, -0.15) is 5.10 Å². The van der Waals surface area contributed by atoms with Gasteiger partial charge in [-0.3, -0.25) is 9.59 Å². The number of anilines is 1. The first-order valence-electron chi connectivity index (χ1n) is 5.28. The van der Waals surface area contributed by atoms with Crippen molar-refractivity contribution in [1.29, 1.82) is 0 Å². The van der Waals surface area contributed by atoms with E-state index in [9.17, 15) is 9.59 Å². The maximum Gasteiger partial charge on any atom is 0.276 e. The first kappa shape index (κ1) is 13.6. The molecule has 0 radical (unpaired) electrons. The molecule has 0 saturated heterocycles. The number of nitrogens with zero attached hydrogens (tertiary/aromatic N) is 2. The maximum absolute atomic E-state index is 11.9. The average Bonchev–Trinajstić information content (AvgIpc) is 2.36. The summed E-state index contributed by atoms with van der Waals surface area (Å²) < 4.78 is 1.08. The van der Waals surface area contributed by atoms with Crippen molar-refractivity contribution in [2.24, 2.45) is 7.05 Å². The minimum Gasteiger partial charge on any atom is -0.319 e. The lowest BCUT2D eigenvalue weighted by Crippen LogP contribution is -2.23. The van der Waals surface area contributed by atoms with E-state index in [4.69, 9.17) is 23.2 Å². The molecule has 1 amide bonds. The number of aromatic nitrogens is 2. The van der Waals surface area contributed by atoms with Gasteiger partial charge in [-0.25, -0.2) is 4.68 Å². The summed E-state index contributed by atoms with van der Waals surface area (Å²) in [7, 11) is 1.47. The third kappa shape index (κ3) is 3.13. The molecule has 1 aromatic heterocycles. The second kappa shape index (κ2) is 5.42. The predicted octanol–water partition coefficient (Wildman–Crippen LogP) is 2.34. The summed E-state index contributed by atoms with van der Waals surface area (Å²) in [6.45, 7) is 0. The molecule has 0 bridgehead atoms. The Morgan fingerprint density at radius 2 is 2.00 bits per heavy atom. The van der Waals surface area contributed by atoms with E-state index in [-0.39, 0.29) is 11.3 Å². The number of nitrogens with one attached hydrogen (secondary N) is 1. The van der Waals surface area contributed by atoms with Crippen LogP contribution in [0, 0.1) is 0 Å². The number of amides is 1. The number of aryl methyl sites for hydroxylation is 1. The Kier molecular flexibility index (Phi) is 3.87. The van der Waals surface area contributed by atoms with Gasteiger partial charge in [0.25, 0.3) is 11.5 Å². The molecule has 7 heteroatoms. The quantitative estimate of drug-likeness (QED) is 0.925. The molecule has 0 unspecified atom stereocenters. The van der Waals surface area contributed by atoms with Gasteiger partial charge in [-0.15, -0.1) is 0 Å². The molecule has 1 aromatic carbocycles. The van der Waals surface area contributed by atoms with Crippen LogP contribution in [0.5, 0.6) is 0 Å². The monoisotopic (exact) mass is 297 g/mol. The molecule has 1 N–H and O–H groups in total. The molecule has 2 rings (SSSR count). The Bertz CT molecular complexity index is 698. The van der Waals surface area contributed by atoms with Crippen molar-refractivity contribution in [3.8, 4) is 0 Å². The van der Waals surface area contributed by atoms with Crippen LogP contribution in [-0.2, 0) is 7.05 Å². The van der Waals surface area contributed by atoms with E-state index in [2.05, 4.69) is 10.4 Å². The standard InChI is InChI=1S/C12H9Cl2N3O2/c1-17-11(18)5-4-10(16-17)12(19)15-9-3-2-7(13)6-8(9)14/h2-6H,1H3,(H,15,19). The molecule has 0 aliphatic heterocycles. The van der Waals surface area contributed by atoms with Crippen LogP contribution in [0.15, 0.2) is 35.1 Å². The Morgan fingerprint density at radius 1 is 1.26 bits per heavy atom. The fourth-order valence-electron chi connectivity index (χ4n) is 1.40. The molecular weight excluding hydrogens is 289 g/mol. The summed E-state index contributed by atoms with van der Waals surface area (Å²) >= 11 is 11.7. The van der Waals surface area contributed by atoms with E-state index < -0.39 is 5.91 Å². The number of carbonyl (C=O) groups excluding carboxylic acids is 1. The number of hydrogen-bond donors (Lipinski definition) is 1. The second-order valence-corrected chi connectivity index (χ2v) is 4.60. The van der Waals surface area contributed by atoms with E-state index in [1.165, 1.54) is 25.2 Å². The van der Waals surface area contributed by atoms with Crippen LogP contribution in [0.3, 0.4) is 0 Å². The molecule has 0 atom stereocenters. The summed E-state index contributed by atoms with van der Waals surface area (Å²) in [6, 6.07) is 7.33. The van der Waals surface area contributed by atoms with E-state index >= 15 is 0 Å². The van der Waals surface area contributed by atoms with Crippen LogP contribution in [0.4, 0.5) is 5.69 Å². The second-order valence-electron chi connectivity index (χ2n) is 3.76. The normalized spacial score (nSPS) is 10.3. The molecule has 5 nitrogen and oxygen atoms in total. The van der Waals surface area contributed by atoms with Crippen molar-refractivity contribution in [3.05, 3.63) is 56.4 Å². The predicted molar refractivity (Wildman–Crippen MR) is 73.9 cm³/mol. The minimum atomic E-state index is -0.458. The summed E-state index contributed by atoms with van der Waals surface area (Å²) in [6.07, 6.45) is 0. The largest absolute Gasteiger partial charge is 0.319 e. The van der Waals surface area contributed by atoms with E-state index in [0.29, 0.717) is 15.7 Å². The van der Waals surface area contributed by atoms with Gasteiger partial charge in [0.05, 0.1) is 10.7 Å². The molecule has 0 fully saturated rings. The van der Waals surface area contributed by atoms with Crippen molar-refractivity contribution >= 4 is 34.8 Å². The van der Waals surface area contributed by atoms with Gasteiger partial charge in [-0.05, 0) is 24.3 Å². The summed E-state index contributed by atoms with van der Waals surface area (Å²) in [4.78, 5) is 23.1. The zero-order chi connectivity index (χ0) is 14.0. The van der Waals surface area contributed by atoms with Gasteiger partial charge in [0.1, 0.15) is 5.69 Å². The van der Waals surface area contributed by atoms with E-state index in [0.717, 1.165) is 4.68 Å². The lowest BCUT2D eigenvalue weighted by Gasteiger charge is -2.07. The Labute approximate surface area is 118 Å². The first-order chi connectivity index (χ1) is 8.97. The zero-order valence-electron chi connectivity index (χ0n) is 9.85. The van der Waals surface area contributed by atoms with Crippen molar-refractivity contribution in [1.82, 2.24) is 9.78 Å². The first-order valence-corrected chi connectivity index (χ1v) is 6.04. The maximum atomic E-state index is 11.9. The highest BCUT2D eigenvalue weighted by Crippen LogP contribution is 2.25. The van der Waals surface area contributed by atoms with Gasteiger partial charge in [0.2, 0.25) is 0 Å². The average molecular weight is 298 g/mol. The van der Waals surface area contributed by atoms with E-state index in [1.54, 1.807) is 12.1 Å². The Morgan fingerprint density at radius 3 is 2.63 bits per heavy atom. The molecule has 0 saturated carbocycles. The zero-order valence-corrected chi connectivity index (χ0v) is 11.4. The van der Waals surface area contributed by atoms with Crippen LogP contribution in [0.25, 0.3) is 0 Å². The smallest absolute Gasteiger partial charge is 0.276 e. The Hall–Kier alpha value is -1.85. The number of hydrogen-bond acceptors (Lipinski definition) is 3. The van der Waals surface area contributed by atoms with Crippen LogP contribution in [0.2, 0.25) is 10.0 Å². The van der Waals surface area contributed by atoms with Crippen LogP contribution in [-0.4, -0.2) is 15.7 Å². The summed E-state index contributed by atoms with van der Waals surface area (Å²) in [5.41, 5.74) is 0.251. The summed E-state index contributed by atoms with van der Waals surface area (Å²) in [5.74, 6) is -0.458. The molecule has 98 valence electrons. The van der Waals surface area contributed by atoms with E-state index in [1.807, 2.05) is 0 Å². The minimum absolute atomic E-state index is 0.119. The van der Waals surface area contributed by atoms with Crippen LogP contribution >= 0.6 is 23.2 Å². The fraction of sp³-hybridized carbons (Fsp3) is 0.0833. The molecule has 2 aromatic rings. The third-order valence-corrected chi connectivity index (χ3v) is 2.92. The lowest BCUT2D eigenvalue weighted by atomic mass is 10.3. The van der Waals surface area contributed by atoms with Crippen molar-refractivity contribution in [3.63, 3.8) is 0 Å². The third-order valence-electron chi connectivity index (χ3n) is 2.37. The molecule has 0 aliphatic rings. The number of benzene rings is 1. The van der Waals surface area contributed by atoms with Crippen molar-refractivity contribution < 1.29 is 4.79 Å². The van der Waals surface area contributed by atoms with Gasteiger partial charge in [0, 0.05) is 18.1 Å².